The third-order valence-electron chi connectivity index (χ3n) is 3.94. The van der Waals surface area contributed by atoms with E-state index < -0.39 is 0 Å². The summed E-state index contributed by atoms with van der Waals surface area (Å²) in [7, 11) is 2.09. The van der Waals surface area contributed by atoms with Crippen LogP contribution in [0.3, 0.4) is 0 Å². The van der Waals surface area contributed by atoms with Crippen LogP contribution in [0, 0.1) is 5.41 Å². The molecule has 17 heavy (non-hydrogen) atoms. The van der Waals surface area contributed by atoms with Crippen LogP contribution in [0.25, 0.3) is 10.9 Å². The Labute approximate surface area is 102 Å². The molecule has 0 unspecified atom stereocenters. The van der Waals surface area contributed by atoms with E-state index >= 15 is 0 Å². The zero-order valence-corrected chi connectivity index (χ0v) is 10.2. The van der Waals surface area contributed by atoms with Gasteiger partial charge in [-0.25, -0.2) is 0 Å². The molecular weight excluding hydrogens is 210 g/mol. The van der Waals surface area contributed by atoms with Crippen molar-refractivity contribution in [2.45, 2.75) is 12.8 Å². The Kier molecular flexibility index (Phi) is 2.37. The molecule has 1 saturated carbocycles. The predicted octanol–water partition coefficient (Wildman–Crippen LogP) is 2.33. The molecule has 0 saturated heterocycles. The van der Waals surface area contributed by atoms with Crippen LogP contribution in [0.2, 0.25) is 0 Å². The molecule has 3 N–H and O–H groups in total. The highest BCUT2D eigenvalue weighted by Gasteiger charge is 2.40. The van der Waals surface area contributed by atoms with Gasteiger partial charge in [-0.05, 0) is 30.9 Å². The summed E-state index contributed by atoms with van der Waals surface area (Å²) in [5.41, 5.74) is 8.67. The van der Waals surface area contributed by atoms with E-state index in [9.17, 15) is 0 Å². The van der Waals surface area contributed by atoms with Crippen LogP contribution >= 0.6 is 0 Å². The number of hydrogen-bond acceptors (Lipinski definition) is 2. The van der Waals surface area contributed by atoms with Gasteiger partial charge in [0.15, 0.2) is 0 Å². The second-order valence-corrected chi connectivity index (χ2v) is 5.23. The maximum atomic E-state index is 5.81. The van der Waals surface area contributed by atoms with Crippen LogP contribution in [-0.2, 0) is 7.05 Å². The highest BCUT2D eigenvalue weighted by atomic mass is 15.0. The van der Waals surface area contributed by atoms with Crippen LogP contribution in [0.1, 0.15) is 12.8 Å². The lowest BCUT2D eigenvalue weighted by Crippen LogP contribution is -2.24. The van der Waals surface area contributed by atoms with Crippen molar-refractivity contribution < 1.29 is 0 Å². The first-order valence-electron chi connectivity index (χ1n) is 6.22. The molecule has 3 nitrogen and oxygen atoms in total. The zero-order chi connectivity index (χ0) is 11.9. The van der Waals surface area contributed by atoms with Crippen LogP contribution in [0.5, 0.6) is 0 Å². The normalized spacial score (nSPS) is 17.3. The van der Waals surface area contributed by atoms with Crippen molar-refractivity contribution in [3.8, 4) is 0 Å². The fraction of sp³-hybridized carbons (Fsp3) is 0.429. The lowest BCUT2D eigenvalue weighted by Gasteiger charge is -2.13. The molecule has 1 heterocycles. The number of nitrogens with two attached hydrogens (primary N) is 1. The van der Waals surface area contributed by atoms with Crippen molar-refractivity contribution in [1.82, 2.24) is 4.57 Å². The molecule has 0 aliphatic heterocycles. The lowest BCUT2D eigenvalue weighted by molar-refractivity contribution is 0.556. The summed E-state index contributed by atoms with van der Waals surface area (Å²) in [6.07, 6.45) is 4.69. The van der Waals surface area contributed by atoms with Gasteiger partial charge in [-0.3, -0.25) is 0 Å². The molecule has 1 aromatic carbocycles. The van der Waals surface area contributed by atoms with Gasteiger partial charge in [0.25, 0.3) is 0 Å². The average Bonchev–Trinajstić information content (AvgIpc) is 3.08. The second kappa shape index (κ2) is 3.77. The van der Waals surface area contributed by atoms with Crippen molar-refractivity contribution in [2.75, 3.05) is 18.4 Å². The molecule has 1 aliphatic rings. The van der Waals surface area contributed by atoms with Crippen molar-refractivity contribution >= 4 is 16.6 Å². The van der Waals surface area contributed by atoms with E-state index in [0.29, 0.717) is 5.41 Å². The minimum Gasteiger partial charge on any atom is -0.383 e. The fourth-order valence-electron chi connectivity index (χ4n) is 2.40. The Balaban J connectivity index is 1.85. The molecule has 1 fully saturated rings. The van der Waals surface area contributed by atoms with Gasteiger partial charge in [0.05, 0.1) is 5.69 Å². The van der Waals surface area contributed by atoms with Gasteiger partial charge in [-0.1, -0.05) is 18.2 Å². The van der Waals surface area contributed by atoms with Gasteiger partial charge in [0.2, 0.25) is 0 Å². The molecule has 0 radical (unpaired) electrons. The van der Waals surface area contributed by atoms with Crippen LogP contribution in [0.15, 0.2) is 30.5 Å². The largest absolute Gasteiger partial charge is 0.383 e. The summed E-state index contributed by atoms with van der Waals surface area (Å²) in [4.78, 5) is 0. The van der Waals surface area contributed by atoms with Crippen molar-refractivity contribution in [2.24, 2.45) is 18.2 Å². The third-order valence-corrected chi connectivity index (χ3v) is 3.94. The molecule has 0 amide bonds. The zero-order valence-electron chi connectivity index (χ0n) is 10.2. The Morgan fingerprint density at radius 3 is 2.82 bits per heavy atom. The third kappa shape index (κ3) is 1.80. The van der Waals surface area contributed by atoms with Crippen LogP contribution in [0.4, 0.5) is 5.69 Å². The van der Waals surface area contributed by atoms with Gasteiger partial charge in [-0.2, -0.15) is 0 Å². The summed E-state index contributed by atoms with van der Waals surface area (Å²) in [6.45, 7) is 1.79. The first-order chi connectivity index (χ1) is 8.24. The summed E-state index contributed by atoms with van der Waals surface area (Å²) in [5.74, 6) is 0. The summed E-state index contributed by atoms with van der Waals surface area (Å²) < 4.78 is 2.17. The van der Waals surface area contributed by atoms with E-state index in [1.165, 1.54) is 29.4 Å². The molecule has 1 aromatic heterocycles. The highest BCUT2D eigenvalue weighted by molar-refractivity contribution is 5.92. The number of rotatable bonds is 4. The van der Waals surface area contributed by atoms with Gasteiger partial charge < -0.3 is 15.6 Å². The molecule has 2 aromatic rings. The van der Waals surface area contributed by atoms with Gasteiger partial charge in [0.1, 0.15) is 0 Å². The average molecular weight is 229 g/mol. The molecule has 1 aliphatic carbocycles. The second-order valence-electron chi connectivity index (χ2n) is 5.23. The maximum Gasteiger partial charge on any atom is 0.0600 e. The first-order valence-corrected chi connectivity index (χ1v) is 6.22. The number of anilines is 1. The molecule has 3 heteroatoms. The topological polar surface area (TPSA) is 43.0 Å². The van der Waals surface area contributed by atoms with Crippen molar-refractivity contribution in [3.05, 3.63) is 30.5 Å². The van der Waals surface area contributed by atoms with Crippen LogP contribution < -0.4 is 11.1 Å². The number of hydrogen-bond donors (Lipinski definition) is 2. The monoisotopic (exact) mass is 229 g/mol. The van der Waals surface area contributed by atoms with Crippen LogP contribution in [-0.4, -0.2) is 17.7 Å². The van der Waals surface area contributed by atoms with E-state index in [-0.39, 0.29) is 0 Å². The van der Waals surface area contributed by atoms with E-state index in [1.54, 1.807) is 0 Å². The Morgan fingerprint density at radius 1 is 1.35 bits per heavy atom. The Morgan fingerprint density at radius 2 is 2.12 bits per heavy atom. The number of para-hydroxylation sites is 1. The van der Waals surface area contributed by atoms with Gasteiger partial charge >= 0.3 is 0 Å². The van der Waals surface area contributed by atoms with E-state index in [4.69, 9.17) is 5.73 Å². The van der Waals surface area contributed by atoms with Crippen molar-refractivity contribution in [1.29, 1.82) is 0 Å². The van der Waals surface area contributed by atoms with Gasteiger partial charge in [0, 0.05) is 30.7 Å². The van der Waals surface area contributed by atoms with E-state index in [1.807, 2.05) is 0 Å². The number of nitrogens with zero attached hydrogens (tertiary/aromatic N) is 1. The number of fused-ring (bicyclic) bond motifs is 1. The smallest absolute Gasteiger partial charge is 0.0600 e. The minimum absolute atomic E-state index is 0.372. The van der Waals surface area contributed by atoms with E-state index in [0.717, 1.165) is 13.1 Å². The minimum atomic E-state index is 0.372. The number of benzene rings is 1. The predicted molar refractivity (Wildman–Crippen MR) is 72.1 cm³/mol. The standard InChI is InChI=1S/C14H19N3/c1-17-8-12(11-4-2-3-5-13(11)17)16-10-14(9-15)6-7-14/h2-5,8,16H,6-7,9-10,15H2,1H3. The molecular formula is C14H19N3. The number of aryl methyl sites for hydroxylation is 1. The number of aromatic nitrogens is 1. The Bertz CT molecular complexity index is 537. The maximum absolute atomic E-state index is 5.81. The molecule has 0 spiro atoms. The highest BCUT2D eigenvalue weighted by Crippen LogP contribution is 2.44. The molecule has 0 bridgehead atoms. The van der Waals surface area contributed by atoms with Gasteiger partial charge in [-0.15, -0.1) is 0 Å². The Hall–Kier alpha value is -1.48. The summed E-state index contributed by atoms with van der Waals surface area (Å²) in [6, 6.07) is 8.48. The fourth-order valence-corrected chi connectivity index (χ4v) is 2.40. The molecule has 90 valence electrons. The number of nitrogens with one attached hydrogen (secondary N) is 1. The van der Waals surface area contributed by atoms with E-state index in [2.05, 4.69) is 47.4 Å². The summed E-state index contributed by atoms with van der Waals surface area (Å²) in [5, 5.41) is 4.86. The summed E-state index contributed by atoms with van der Waals surface area (Å²) >= 11 is 0. The molecule has 3 rings (SSSR count). The van der Waals surface area contributed by atoms with Crippen molar-refractivity contribution in [3.63, 3.8) is 0 Å². The first kappa shape index (κ1) is 10.7. The SMILES string of the molecule is Cn1cc(NCC2(CN)CC2)c2ccccc21. The molecule has 0 atom stereocenters. The lowest BCUT2D eigenvalue weighted by atomic mass is 10.1. The quantitative estimate of drug-likeness (QED) is 0.845.